The summed E-state index contributed by atoms with van der Waals surface area (Å²) in [5.74, 6) is 0. The quantitative estimate of drug-likeness (QED) is 0.860. The van der Waals surface area contributed by atoms with Crippen LogP contribution in [0.25, 0.3) is 0 Å². The highest BCUT2D eigenvalue weighted by atomic mass is 32.2. The normalized spacial score (nSPS) is 28.2. The van der Waals surface area contributed by atoms with Crippen molar-refractivity contribution in [2.45, 2.75) is 42.9 Å². The fraction of sp³-hybridized carbons (Fsp3) is 0.571. The van der Waals surface area contributed by atoms with Gasteiger partial charge >= 0.3 is 0 Å². The van der Waals surface area contributed by atoms with Gasteiger partial charge in [0.25, 0.3) is 0 Å². The summed E-state index contributed by atoms with van der Waals surface area (Å²) in [6.07, 6.45) is 2.64. The molecule has 0 spiro atoms. The minimum atomic E-state index is 0.432. The van der Waals surface area contributed by atoms with Gasteiger partial charge in [0.1, 0.15) is 0 Å². The highest BCUT2D eigenvalue weighted by molar-refractivity contribution is 8.00. The van der Waals surface area contributed by atoms with Crippen LogP contribution in [0.15, 0.2) is 35.2 Å². The molecular weight excluding hydrogens is 214 g/mol. The molecule has 16 heavy (non-hydrogen) atoms. The van der Waals surface area contributed by atoms with Gasteiger partial charge in [-0.25, -0.2) is 0 Å². The Morgan fingerprint density at radius 3 is 2.56 bits per heavy atom. The van der Waals surface area contributed by atoms with Crippen molar-refractivity contribution < 1.29 is 0 Å². The molecule has 2 heteroatoms. The van der Waals surface area contributed by atoms with Crippen molar-refractivity contribution in [1.82, 2.24) is 5.32 Å². The predicted octanol–water partition coefficient (Wildman–Crippen LogP) is 3.56. The lowest BCUT2D eigenvalue weighted by molar-refractivity contribution is 0.300. The average Bonchev–Trinajstić information content (AvgIpc) is 2.55. The van der Waals surface area contributed by atoms with E-state index < -0.39 is 0 Å². The summed E-state index contributed by atoms with van der Waals surface area (Å²) in [6.45, 7) is 4.75. The number of rotatable bonds is 3. The van der Waals surface area contributed by atoms with Gasteiger partial charge in [-0.3, -0.25) is 0 Å². The van der Waals surface area contributed by atoms with E-state index in [9.17, 15) is 0 Å². The molecule has 0 heterocycles. The van der Waals surface area contributed by atoms with Crippen molar-refractivity contribution in [3.63, 3.8) is 0 Å². The van der Waals surface area contributed by atoms with Crippen LogP contribution in [-0.4, -0.2) is 18.3 Å². The van der Waals surface area contributed by atoms with Crippen molar-refractivity contribution in [3.8, 4) is 0 Å². The highest BCUT2D eigenvalue weighted by Gasteiger charge is 2.41. The van der Waals surface area contributed by atoms with Gasteiger partial charge in [0.15, 0.2) is 0 Å². The molecule has 1 aromatic rings. The van der Waals surface area contributed by atoms with Crippen molar-refractivity contribution in [2.24, 2.45) is 5.41 Å². The molecule has 1 aliphatic carbocycles. The number of hydrogen-bond acceptors (Lipinski definition) is 2. The summed E-state index contributed by atoms with van der Waals surface area (Å²) in [5.41, 5.74) is 0.432. The maximum Gasteiger partial charge on any atom is 0.0253 e. The predicted molar refractivity (Wildman–Crippen MR) is 71.9 cm³/mol. The third-order valence-electron chi connectivity index (χ3n) is 3.63. The molecule has 0 saturated heterocycles. The van der Waals surface area contributed by atoms with Crippen LogP contribution in [0.1, 0.15) is 26.7 Å². The Labute approximate surface area is 103 Å². The maximum atomic E-state index is 3.50. The zero-order chi connectivity index (χ0) is 11.6. The lowest BCUT2D eigenvalue weighted by atomic mass is 9.87. The monoisotopic (exact) mass is 235 g/mol. The summed E-state index contributed by atoms with van der Waals surface area (Å²) in [4.78, 5) is 1.39. The second kappa shape index (κ2) is 4.80. The lowest BCUT2D eigenvalue weighted by Crippen LogP contribution is -2.41. The molecule has 1 aromatic carbocycles. The number of hydrogen-bond donors (Lipinski definition) is 1. The van der Waals surface area contributed by atoms with E-state index in [1.807, 2.05) is 11.8 Å². The van der Waals surface area contributed by atoms with Gasteiger partial charge < -0.3 is 5.32 Å². The molecule has 1 saturated carbocycles. The lowest BCUT2D eigenvalue weighted by Gasteiger charge is -2.30. The standard InChI is InChI=1S/C14H21NS/c1-14(2)10-9-12(13(14)15-3)16-11-7-5-4-6-8-11/h4-8,12-13,15H,9-10H2,1-3H3. The maximum absolute atomic E-state index is 3.50. The van der Waals surface area contributed by atoms with E-state index in [0.29, 0.717) is 16.7 Å². The van der Waals surface area contributed by atoms with Crippen LogP contribution in [0.3, 0.4) is 0 Å². The SMILES string of the molecule is CNC1C(Sc2ccccc2)CCC1(C)C. The van der Waals surface area contributed by atoms with Crippen LogP contribution < -0.4 is 5.32 Å². The Balaban J connectivity index is 2.06. The molecule has 0 amide bonds. The van der Waals surface area contributed by atoms with Gasteiger partial charge in [-0.2, -0.15) is 0 Å². The molecule has 2 atom stereocenters. The molecule has 1 nitrogen and oxygen atoms in total. The fourth-order valence-corrected chi connectivity index (χ4v) is 4.26. The minimum absolute atomic E-state index is 0.432. The van der Waals surface area contributed by atoms with Gasteiger partial charge in [0.2, 0.25) is 0 Å². The second-order valence-electron chi connectivity index (χ2n) is 5.26. The third-order valence-corrected chi connectivity index (χ3v) is 4.98. The molecule has 0 radical (unpaired) electrons. The van der Waals surface area contributed by atoms with Crippen molar-refractivity contribution in [2.75, 3.05) is 7.05 Å². The fourth-order valence-electron chi connectivity index (χ4n) is 2.72. The minimum Gasteiger partial charge on any atom is -0.315 e. The molecule has 0 aliphatic heterocycles. The van der Waals surface area contributed by atoms with E-state index >= 15 is 0 Å². The van der Waals surface area contributed by atoms with Crippen LogP contribution >= 0.6 is 11.8 Å². The summed E-state index contributed by atoms with van der Waals surface area (Å²) in [6, 6.07) is 11.4. The Morgan fingerprint density at radius 1 is 1.25 bits per heavy atom. The topological polar surface area (TPSA) is 12.0 Å². The van der Waals surface area contributed by atoms with Crippen molar-refractivity contribution in [1.29, 1.82) is 0 Å². The summed E-state index contributed by atoms with van der Waals surface area (Å²) < 4.78 is 0. The first-order valence-corrected chi connectivity index (χ1v) is 6.90. The molecule has 2 unspecified atom stereocenters. The molecule has 0 bridgehead atoms. The second-order valence-corrected chi connectivity index (χ2v) is 6.58. The molecule has 1 aliphatic rings. The Bertz CT molecular complexity index is 334. The van der Waals surface area contributed by atoms with Gasteiger partial charge in [-0.15, -0.1) is 11.8 Å². The molecule has 2 rings (SSSR count). The first-order chi connectivity index (χ1) is 7.63. The Kier molecular flexibility index (Phi) is 3.60. The van der Waals surface area contributed by atoms with Crippen LogP contribution in [-0.2, 0) is 0 Å². The zero-order valence-corrected chi connectivity index (χ0v) is 11.2. The molecule has 1 fully saturated rings. The zero-order valence-electron chi connectivity index (χ0n) is 10.4. The van der Waals surface area contributed by atoms with Gasteiger partial charge in [-0.1, -0.05) is 32.0 Å². The summed E-state index contributed by atoms with van der Waals surface area (Å²) >= 11 is 2.02. The first-order valence-electron chi connectivity index (χ1n) is 6.02. The van der Waals surface area contributed by atoms with Crippen LogP contribution in [0, 0.1) is 5.41 Å². The van der Waals surface area contributed by atoms with Crippen molar-refractivity contribution in [3.05, 3.63) is 30.3 Å². The smallest absolute Gasteiger partial charge is 0.0253 e. The molecule has 1 N–H and O–H groups in total. The third kappa shape index (κ3) is 2.44. The molecule has 88 valence electrons. The van der Waals surface area contributed by atoms with Crippen molar-refractivity contribution >= 4 is 11.8 Å². The van der Waals surface area contributed by atoms with Crippen LogP contribution in [0.4, 0.5) is 0 Å². The number of benzene rings is 1. The first kappa shape index (κ1) is 12.0. The van der Waals surface area contributed by atoms with E-state index in [-0.39, 0.29) is 0 Å². The van der Waals surface area contributed by atoms with E-state index in [1.165, 1.54) is 17.7 Å². The largest absolute Gasteiger partial charge is 0.315 e. The molecular formula is C14H21NS. The van der Waals surface area contributed by atoms with E-state index in [4.69, 9.17) is 0 Å². The van der Waals surface area contributed by atoms with Crippen LogP contribution in [0.2, 0.25) is 0 Å². The Morgan fingerprint density at radius 2 is 1.94 bits per heavy atom. The van der Waals surface area contributed by atoms with E-state index in [0.717, 1.165) is 0 Å². The molecule has 0 aromatic heterocycles. The number of thioether (sulfide) groups is 1. The van der Waals surface area contributed by atoms with E-state index in [2.05, 4.69) is 56.5 Å². The van der Waals surface area contributed by atoms with Gasteiger partial charge in [0, 0.05) is 16.2 Å². The van der Waals surface area contributed by atoms with Crippen LogP contribution in [0.5, 0.6) is 0 Å². The van der Waals surface area contributed by atoms with Gasteiger partial charge in [-0.05, 0) is 37.4 Å². The summed E-state index contributed by atoms with van der Waals surface area (Å²) in [5, 5.41) is 4.21. The average molecular weight is 235 g/mol. The highest BCUT2D eigenvalue weighted by Crippen LogP contribution is 2.44. The van der Waals surface area contributed by atoms with Gasteiger partial charge in [0.05, 0.1) is 0 Å². The Hall–Kier alpha value is -0.470. The number of nitrogens with one attached hydrogen (secondary N) is 1. The summed E-state index contributed by atoms with van der Waals surface area (Å²) in [7, 11) is 2.09. The van der Waals surface area contributed by atoms with E-state index in [1.54, 1.807) is 0 Å².